The van der Waals surface area contributed by atoms with E-state index in [9.17, 15) is 19.8 Å². The molecule has 10 heteroatoms. The highest BCUT2D eigenvalue weighted by Crippen LogP contribution is 2.39. The van der Waals surface area contributed by atoms with E-state index in [1.54, 1.807) is 23.7 Å². The number of nitrogens with one attached hydrogen (secondary N) is 1. The van der Waals surface area contributed by atoms with Gasteiger partial charge in [-0.25, -0.2) is 4.79 Å². The molecule has 3 aromatic rings. The quantitative estimate of drug-likeness (QED) is 0.486. The van der Waals surface area contributed by atoms with Crippen molar-refractivity contribution >= 4 is 63.3 Å². The average molecular weight is 472 g/mol. The minimum atomic E-state index is -1.19. The summed E-state index contributed by atoms with van der Waals surface area (Å²) in [5, 5.41) is 22.5. The Labute approximate surface area is 186 Å². The second-order valence-corrected chi connectivity index (χ2v) is 7.61. The first-order chi connectivity index (χ1) is 14.2. The fourth-order valence-corrected chi connectivity index (χ4v) is 3.96. The highest BCUT2D eigenvalue weighted by Gasteiger charge is 2.21. The molecule has 0 saturated carbocycles. The molecule has 0 aliphatic carbocycles. The molecule has 30 heavy (non-hydrogen) atoms. The number of aromatic nitrogens is 1. The largest absolute Gasteiger partial charge is 0.495 e. The summed E-state index contributed by atoms with van der Waals surface area (Å²) in [6.07, 6.45) is 0.141. The number of nitrogens with zero attached hydrogens (tertiary/aromatic N) is 1. The SMILES string of the molecule is COc1cc2c(cc(C(=O)Nc3cc(C(=O)O)cc(Cl)c3CCO)n2C)c(Cl)c1Cl. The number of aliphatic hydroxyl groups excluding tert-OH is 1. The summed E-state index contributed by atoms with van der Waals surface area (Å²) in [4.78, 5) is 24.4. The molecule has 1 aromatic heterocycles. The first kappa shape index (κ1) is 22.2. The number of carbonyl (C=O) groups is 2. The van der Waals surface area contributed by atoms with E-state index in [0.717, 1.165) is 0 Å². The monoisotopic (exact) mass is 470 g/mol. The topological polar surface area (TPSA) is 101 Å². The number of methoxy groups -OCH3 is 1. The van der Waals surface area contributed by atoms with Gasteiger partial charge in [0.15, 0.2) is 0 Å². The van der Waals surface area contributed by atoms with Crippen molar-refractivity contribution in [2.45, 2.75) is 6.42 Å². The van der Waals surface area contributed by atoms with Crippen molar-refractivity contribution in [1.82, 2.24) is 4.57 Å². The van der Waals surface area contributed by atoms with Crippen molar-refractivity contribution in [1.29, 1.82) is 0 Å². The Morgan fingerprint density at radius 1 is 1.13 bits per heavy atom. The number of fused-ring (bicyclic) bond motifs is 1. The molecular formula is C20H17Cl3N2O5. The Morgan fingerprint density at radius 3 is 2.43 bits per heavy atom. The van der Waals surface area contributed by atoms with Crippen LogP contribution in [0.25, 0.3) is 10.9 Å². The predicted molar refractivity (Wildman–Crippen MR) is 117 cm³/mol. The smallest absolute Gasteiger partial charge is 0.335 e. The number of aromatic carboxylic acids is 1. The number of hydrogen-bond donors (Lipinski definition) is 3. The van der Waals surface area contributed by atoms with Crippen LogP contribution in [0.3, 0.4) is 0 Å². The zero-order valence-electron chi connectivity index (χ0n) is 15.9. The molecule has 0 radical (unpaired) electrons. The normalized spacial score (nSPS) is 11.0. The van der Waals surface area contributed by atoms with Crippen LogP contribution in [0.1, 0.15) is 26.4 Å². The maximum Gasteiger partial charge on any atom is 0.335 e. The Balaban J connectivity index is 2.08. The molecule has 158 valence electrons. The summed E-state index contributed by atoms with van der Waals surface area (Å²) in [6.45, 7) is -0.225. The number of aryl methyl sites for hydroxylation is 1. The molecule has 0 aliphatic heterocycles. The molecule has 0 fully saturated rings. The van der Waals surface area contributed by atoms with E-state index in [0.29, 0.717) is 22.2 Å². The van der Waals surface area contributed by atoms with Crippen molar-refractivity contribution in [3.05, 3.63) is 56.2 Å². The standard InChI is InChI=1S/C20H17Cl3N2O5/c1-25-14-8-16(30-2)18(23)17(22)11(14)7-15(25)19(27)24-13-6-9(20(28)29)5-12(21)10(13)3-4-26/h5-8,26H,3-4H2,1-2H3,(H,24,27)(H,28,29). The molecule has 7 nitrogen and oxygen atoms in total. The van der Waals surface area contributed by atoms with Gasteiger partial charge in [-0.2, -0.15) is 0 Å². The maximum atomic E-state index is 13.0. The molecular weight excluding hydrogens is 455 g/mol. The molecule has 0 aliphatic rings. The highest BCUT2D eigenvalue weighted by molar-refractivity contribution is 6.46. The van der Waals surface area contributed by atoms with Crippen LogP contribution in [0.15, 0.2) is 24.3 Å². The van der Waals surface area contributed by atoms with Gasteiger partial charge in [-0.15, -0.1) is 0 Å². The Morgan fingerprint density at radius 2 is 1.83 bits per heavy atom. The van der Waals surface area contributed by atoms with Crippen molar-refractivity contribution in [3.8, 4) is 5.75 Å². The van der Waals surface area contributed by atoms with E-state index >= 15 is 0 Å². The maximum absolute atomic E-state index is 13.0. The number of aliphatic hydroxyl groups is 1. The number of hydrogen-bond acceptors (Lipinski definition) is 4. The minimum absolute atomic E-state index is 0.0893. The number of halogens is 3. The lowest BCUT2D eigenvalue weighted by Crippen LogP contribution is -2.17. The summed E-state index contributed by atoms with van der Waals surface area (Å²) in [5.74, 6) is -1.34. The number of amides is 1. The van der Waals surface area contributed by atoms with Crippen LogP contribution >= 0.6 is 34.8 Å². The van der Waals surface area contributed by atoms with Gasteiger partial charge in [0.2, 0.25) is 0 Å². The lowest BCUT2D eigenvalue weighted by atomic mass is 10.1. The zero-order valence-corrected chi connectivity index (χ0v) is 18.2. The number of carboxylic acids is 1. The Kier molecular flexibility index (Phi) is 6.47. The van der Waals surface area contributed by atoms with Gasteiger partial charge in [0.1, 0.15) is 16.5 Å². The second kappa shape index (κ2) is 8.73. The van der Waals surface area contributed by atoms with Gasteiger partial charge < -0.3 is 24.8 Å². The summed E-state index contributed by atoms with van der Waals surface area (Å²) in [5.41, 5.74) is 1.42. The molecule has 0 bridgehead atoms. The lowest BCUT2D eigenvalue weighted by Gasteiger charge is -2.14. The van der Waals surface area contributed by atoms with Gasteiger partial charge in [-0.1, -0.05) is 34.8 Å². The minimum Gasteiger partial charge on any atom is -0.495 e. The van der Waals surface area contributed by atoms with Gasteiger partial charge >= 0.3 is 5.97 Å². The summed E-state index contributed by atoms with van der Waals surface area (Å²) in [6, 6.07) is 5.81. The van der Waals surface area contributed by atoms with Crippen molar-refractivity contribution in [2.24, 2.45) is 7.05 Å². The van der Waals surface area contributed by atoms with Crippen LogP contribution in [0.5, 0.6) is 5.75 Å². The number of anilines is 1. The molecule has 1 heterocycles. The molecule has 0 saturated heterocycles. The van der Waals surface area contributed by atoms with Gasteiger partial charge in [-0.05, 0) is 30.2 Å². The Hall–Kier alpha value is -2.45. The highest BCUT2D eigenvalue weighted by atomic mass is 35.5. The van der Waals surface area contributed by atoms with E-state index in [2.05, 4.69) is 5.32 Å². The molecule has 2 aromatic carbocycles. The van der Waals surface area contributed by atoms with Crippen molar-refractivity contribution in [2.75, 3.05) is 19.0 Å². The average Bonchev–Trinajstić information content (AvgIpc) is 3.03. The van der Waals surface area contributed by atoms with E-state index in [1.807, 2.05) is 0 Å². The van der Waals surface area contributed by atoms with Crippen LogP contribution in [0.4, 0.5) is 5.69 Å². The third kappa shape index (κ3) is 3.94. The number of ether oxygens (including phenoxy) is 1. The van der Waals surface area contributed by atoms with E-state index in [4.69, 9.17) is 39.5 Å². The molecule has 1 amide bonds. The number of rotatable bonds is 6. The number of carbonyl (C=O) groups excluding carboxylic acids is 1. The first-order valence-corrected chi connectivity index (χ1v) is 9.82. The van der Waals surface area contributed by atoms with Gasteiger partial charge in [0.05, 0.1) is 23.2 Å². The summed E-state index contributed by atoms with van der Waals surface area (Å²) < 4.78 is 6.84. The van der Waals surface area contributed by atoms with Gasteiger partial charge in [-0.3, -0.25) is 4.79 Å². The summed E-state index contributed by atoms with van der Waals surface area (Å²) >= 11 is 18.7. The van der Waals surface area contributed by atoms with Crippen LogP contribution < -0.4 is 10.1 Å². The third-order valence-electron chi connectivity index (χ3n) is 4.70. The number of benzene rings is 2. The molecule has 0 spiro atoms. The molecule has 3 rings (SSSR count). The fourth-order valence-electron chi connectivity index (χ4n) is 3.17. The first-order valence-electron chi connectivity index (χ1n) is 8.68. The zero-order chi connectivity index (χ0) is 22.2. The second-order valence-electron chi connectivity index (χ2n) is 6.45. The molecule has 3 N–H and O–H groups in total. The number of carboxylic acid groups (broad SMARTS) is 1. The van der Waals surface area contributed by atoms with E-state index < -0.39 is 11.9 Å². The van der Waals surface area contributed by atoms with Crippen LogP contribution in [0.2, 0.25) is 15.1 Å². The van der Waals surface area contributed by atoms with Crippen LogP contribution in [-0.2, 0) is 13.5 Å². The Bertz CT molecular complexity index is 1170. The lowest BCUT2D eigenvalue weighted by molar-refractivity contribution is 0.0696. The third-order valence-corrected chi connectivity index (χ3v) is 5.90. The molecule has 0 atom stereocenters. The predicted octanol–water partition coefficient (Wildman–Crippen LogP) is 4.63. The van der Waals surface area contributed by atoms with E-state index in [-0.39, 0.29) is 45.0 Å². The van der Waals surface area contributed by atoms with Gasteiger partial charge in [0.25, 0.3) is 5.91 Å². The molecule has 0 unspecified atom stereocenters. The van der Waals surface area contributed by atoms with Crippen molar-refractivity contribution in [3.63, 3.8) is 0 Å². The van der Waals surface area contributed by atoms with Crippen molar-refractivity contribution < 1.29 is 24.5 Å². The van der Waals surface area contributed by atoms with E-state index in [1.165, 1.54) is 19.2 Å². The fraction of sp³-hybridized carbons (Fsp3) is 0.200. The van der Waals surface area contributed by atoms with Crippen LogP contribution in [0, 0.1) is 0 Å². The van der Waals surface area contributed by atoms with Crippen LogP contribution in [-0.4, -0.2) is 40.4 Å². The van der Waals surface area contributed by atoms with Gasteiger partial charge in [0, 0.05) is 35.8 Å². The summed E-state index contributed by atoms with van der Waals surface area (Å²) in [7, 11) is 3.14.